The first-order chi connectivity index (χ1) is 9.19. The molecule has 1 heterocycles. The first kappa shape index (κ1) is 13.4. The van der Waals surface area contributed by atoms with Crippen LogP contribution in [0.3, 0.4) is 0 Å². The maximum Gasteiger partial charge on any atom is 0.262 e. The van der Waals surface area contributed by atoms with Gasteiger partial charge in [-0.05, 0) is 24.1 Å². The second-order valence-electron chi connectivity index (χ2n) is 4.24. The average Bonchev–Trinajstić information content (AvgIpc) is 2.38. The third-order valence-electron chi connectivity index (χ3n) is 2.75. The number of benzene rings is 1. The topological polar surface area (TPSA) is 87.7 Å². The first-order valence-electron chi connectivity index (χ1n) is 6.12. The third kappa shape index (κ3) is 3.69. The van der Waals surface area contributed by atoms with Crippen LogP contribution in [0.4, 0.5) is 5.69 Å². The summed E-state index contributed by atoms with van der Waals surface area (Å²) in [5, 5.41) is 14.0. The van der Waals surface area contributed by atoms with Gasteiger partial charge in [0.15, 0.2) is 6.61 Å². The van der Waals surface area contributed by atoms with Crippen molar-refractivity contribution >= 4 is 17.5 Å². The summed E-state index contributed by atoms with van der Waals surface area (Å²) in [5.74, 6) is 0.325. The molecule has 1 aliphatic rings. The van der Waals surface area contributed by atoms with Gasteiger partial charge in [-0.2, -0.15) is 0 Å². The van der Waals surface area contributed by atoms with E-state index in [1.165, 1.54) is 0 Å². The quantitative estimate of drug-likeness (QED) is 0.701. The number of aliphatic hydroxyl groups is 1. The van der Waals surface area contributed by atoms with Crippen LogP contribution in [0.5, 0.6) is 5.75 Å². The molecule has 2 rings (SSSR count). The molecule has 0 saturated heterocycles. The first-order valence-corrected chi connectivity index (χ1v) is 6.12. The van der Waals surface area contributed by atoms with Crippen molar-refractivity contribution in [2.24, 2.45) is 0 Å². The summed E-state index contributed by atoms with van der Waals surface area (Å²) >= 11 is 0. The zero-order chi connectivity index (χ0) is 13.7. The number of nitrogens with one attached hydrogen (secondary N) is 2. The molecule has 0 aromatic heterocycles. The van der Waals surface area contributed by atoms with Gasteiger partial charge in [0.1, 0.15) is 5.75 Å². The normalized spacial score (nSPS) is 13.2. The Balaban J connectivity index is 1.89. The summed E-state index contributed by atoms with van der Waals surface area (Å²) < 4.78 is 5.26. The van der Waals surface area contributed by atoms with Crippen LogP contribution in [-0.4, -0.2) is 36.7 Å². The number of amides is 2. The molecule has 1 aliphatic heterocycles. The number of ether oxygens (including phenoxy) is 1. The van der Waals surface area contributed by atoms with Gasteiger partial charge in [-0.15, -0.1) is 0 Å². The van der Waals surface area contributed by atoms with Crippen molar-refractivity contribution in [2.45, 2.75) is 12.8 Å². The molecule has 0 fully saturated rings. The summed E-state index contributed by atoms with van der Waals surface area (Å²) in [6.45, 7) is 0.393. The lowest BCUT2D eigenvalue weighted by atomic mass is 10.1. The molecule has 0 radical (unpaired) electrons. The second-order valence-corrected chi connectivity index (χ2v) is 4.24. The number of hydrogen-bond donors (Lipinski definition) is 3. The van der Waals surface area contributed by atoms with Crippen molar-refractivity contribution in [3.8, 4) is 5.75 Å². The number of carbonyl (C=O) groups is 2. The summed E-state index contributed by atoms with van der Waals surface area (Å²) in [5.41, 5.74) is 1.66. The maximum atomic E-state index is 11.2. The molecule has 6 heteroatoms. The van der Waals surface area contributed by atoms with E-state index in [2.05, 4.69) is 10.6 Å². The molecule has 0 unspecified atom stereocenters. The van der Waals surface area contributed by atoms with Crippen molar-refractivity contribution < 1.29 is 19.4 Å². The molecule has 1 aromatic rings. The number of rotatable bonds is 5. The Kier molecular flexibility index (Phi) is 4.35. The van der Waals surface area contributed by atoms with Gasteiger partial charge in [0.25, 0.3) is 5.91 Å². The minimum absolute atomic E-state index is 0.0452. The lowest BCUT2D eigenvalue weighted by molar-refractivity contribution is -0.121. The Morgan fingerprint density at radius 3 is 3.11 bits per heavy atom. The van der Waals surface area contributed by atoms with Gasteiger partial charge in [-0.25, -0.2) is 0 Å². The van der Waals surface area contributed by atoms with Crippen molar-refractivity contribution in [3.63, 3.8) is 0 Å². The Bertz CT molecular complexity index is 488. The van der Waals surface area contributed by atoms with E-state index in [4.69, 9.17) is 9.84 Å². The van der Waals surface area contributed by atoms with E-state index in [-0.39, 0.29) is 31.4 Å². The van der Waals surface area contributed by atoms with Crippen LogP contribution in [0.2, 0.25) is 0 Å². The van der Waals surface area contributed by atoms with Gasteiger partial charge in [-0.3, -0.25) is 9.59 Å². The molecule has 19 heavy (non-hydrogen) atoms. The highest BCUT2D eigenvalue weighted by Gasteiger charge is 2.15. The number of anilines is 1. The Hall–Kier alpha value is -2.08. The SMILES string of the molecule is O=C(CCO)NCCc1ccc2c(c1)NC(=O)CO2. The highest BCUT2D eigenvalue weighted by molar-refractivity contribution is 5.95. The van der Waals surface area contributed by atoms with Crippen LogP contribution in [0.15, 0.2) is 18.2 Å². The van der Waals surface area contributed by atoms with E-state index in [1.807, 2.05) is 12.1 Å². The van der Waals surface area contributed by atoms with Crippen molar-refractivity contribution in [1.82, 2.24) is 5.32 Å². The van der Waals surface area contributed by atoms with Crippen LogP contribution >= 0.6 is 0 Å². The molecule has 0 bridgehead atoms. The van der Waals surface area contributed by atoms with E-state index in [9.17, 15) is 9.59 Å². The van der Waals surface area contributed by atoms with Gasteiger partial charge in [0, 0.05) is 13.0 Å². The zero-order valence-corrected chi connectivity index (χ0v) is 10.4. The van der Waals surface area contributed by atoms with E-state index >= 15 is 0 Å². The molecule has 102 valence electrons. The summed E-state index contributed by atoms with van der Waals surface area (Å²) in [7, 11) is 0. The summed E-state index contributed by atoms with van der Waals surface area (Å²) in [6.07, 6.45) is 0.772. The number of carbonyl (C=O) groups excluding carboxylic acids is 2. The van der Waals surface area contributed by atoms with Gasteiger partial charge < -0.3 is 20.5 Å². The van der Waals surface area contributed by atoms with E-state index in [1.54, 1.807) is 6.07 Å². The smallest absolute Gasteiger partial charge is 0.262 e. The summed E-state index contributed by atoms with van der Waals surface area (Å²) in [6, 6.07) is 5.54. The molecular weight excluding hydrogens is 248 g/mol. The molecule has 0 saturated carbocycles. The predicted molar refractivity (Wildman–Crippen MR) is 69.0 cm³/mol. The molecule has 1 aromatic carbocycles. The van der Waals surface area contributed by atoms with Gasteiger partial charge in [0.05, 0.1) is 12.3 Å². The molecule has 2 amide bonds. The molecule has 0 atom stereocenters. The Morgan fingerprint density at radius 2 is 2.32 bits per heavy atom. The minimum atomic E-state index is -0.169. The lowest BCUT2D eigenvalue weighted by Crippen LogP contribution is -2.27. The largest absolute Gasteiger partial charge is 0.482 e. The minimum Gasteiger partial charge on any atom is -0.482 e. The molecule has 3 N–H and O–H groups in total. The predicted octanol–water partition coefficient (Wildman–Crippen LogP) is 0.0586. The van der Waals surface area contributed by atoms with Crippen molar-refractivity contribution in [2.75, 3.05) is 25.1 Å². The maximum absolute atomic E-state index is 11.2. The summed E-state index contributed by atoms with van der Waals surface area (Å²) in [4.78, 5) is 22.4. The Labute approximate surface area is 110 Å². The highest BCUT2D eigenvalue weighted by Crippen LogP contribution is 2.28. The monoisotopic (exact) mass is 264 g/mol. The third-order valence-corrected chi connectivity index (χ3v) is 2.75. The standard InChI is InChI=1S/C13H16N2O4/c16-6-4-12(17)14-5-3-9-1-2-11-10(7-9)15-13(18)8-19-11/h1-2,7,16H,3-6,8H2,(H,14,17)(H,15,18). The number of aliphatic hydroxyl groups excluding tert-OH is 1. The van der Waals surface area contributed by atoms with Crippen LogP contribution in [0.1, 0.15) is 12.0 Å². The van der Waals surface area contributed by atoms with Crippen LogP contribution in [0.25, 0.3) is 0 Å². The zero-order valence-electron chi connectivity index (χ0n) is 10.4. The molecule has 0 spiro atoms. The van der Waals surface area contributed by atoms with Crippen LogP contribution in [0, 0.1) is 0 Å². The van der Waals surface area contributed by atoms with Crippen molar-refractivity contribution in [3.05, 3.63) is 23.8 Å². The van der Waals surface area contributed by atoms with Crippen LogP contribution < -0.4 is 15.4 Å². The van der Waals surface area contributed by atoms with E-state index in [0.29, 0.717) is 24.4 Å². The fourth-order valence-corrected chi connectivity index (χ4v) is 1.82. The van der Waals surface area contributed by atoms with Gasteiger partial charge in [0.2, 0.25) is 5.91 Å². The molecular formula is C13H16N2O4. The second kappa shape index (κ2) is 6.19. The van der Waals surface area contributed by atoms with E-state index in [0.717, 1.165) is 5.56 Å². The van der Waals surface area contributed by atoms with E-state index < -0.39 is 0 Å². The highest BCUT2D eigenvalue weighted by atomic mass is 16.5. The number of hydrogen-bond acceptors (Lipinski definition) is 4. The molecule has 0 aliphatic carbocycles. The number of fused-ring (bicyclic) bond motifs is 1. The van der Waals surface area contributed by atoms with Gasteiger partial charge in [-0.1, -0.05) is 6.07 Å². The van der Waals surface area contributed by atoms with Crippen LogP contribution in [-0.2, 0) is 16.0 Å². The molecule has 6 nitrogen and oxygen atoms in total. The van der Waals surface area contributed by atoms with Gasteiger partial charge >= 0.3 is 0 Å². The average molecular weight is 264 g/mol. The lowest BCUT2D eigenvalue weighted by Gasteiger charge is -2.18. The van der Waals surface area contributed by atoms with Crippen molar-refractivity contribution in [1.29, 1.82) is 0 Å². The fraction of sp³-hybridized carbons (Fsp3) is 0.385. The fourth-order valence-electron chi connectivity index (χ4n) is 1.82. The Morgan fingerprint density at radius 1 is 1.47 bits per heavy atom.